The molecular formula is C13H14ClNO. The van der Waals surface area contributed by atoms with Crippen molar-refractivity contribution in [1.82, 2.24) is 4.98 Å². The maximum Gasteiger partial charge on any atom is 0.130 e. The van der Waals surface area contributed by atoms with Gasteiger partial charge in [-0.25, -0.2) is 0 Å². The van der Waals surface area contributed by atoms with E-state index in [1.807, 2.05) is 39.0 Å². The monoisotopic (exact) mass is 235 g/mol. The molecule has 0 aliphatic heterocycles. The third kappa shape index (κ3) is 1.85. The third-order valence-corrected chi connectivity index (χ3v) is 2.80. The minimum absolute atomic E-state index is 0.627. The van der Waals surface area contributed by atoms with E-state index in [2.05, 4.69) is 4.98 Å². The van der Waals surface area contributed by atoms with Gasteiger partial charge in [0, 0.05) is 5.69 Å². The van der Waals surface area contributed by atoms with Gasteiger partial charge in [0.1, 0.15) is 5.75 Å². The second-order valence-electron chi connectivity index (χ2n) is 3.78. The van der Waals surface area contributed by atoms with E-state index < -0.39 is 0 Å². The van der Waals surface area contributed by atoms with Gasteiger partial charge in [-0.05, 0) is 38.5 Å². The van der Waals surface area contributed by atoms with Crippen molar-refractivity contribution >= 4 is 22.5 Å². The Bertz CT molecular complexity index is 537. The minimum Gasteiger partial charge on any atom is -0.493 e. The van der Waals surface area contributed by atoms with E-state index in [0.717, 1.165) is 27.9 Å². The molecule has 1 aromatic carbocycles. The Hall–Kier alpha value is -1.28. The number of pyridine rings is 1. The molecule has 1 aromatic heterocycles. The molecule has 16 heavy (non-hydrogen) atoms. The van der Waals surface area contributed by atoms with Crippen LogP contribution in [0.3, 0.4) is 0 Å². The molecule has 0 unspecified atom stereocenters. The Kier molecular flexibility index (Phi) is 3.01. The zero-order chi connectivity index (χ0) is 11.7. The normalized spacial score (nSPS) is 10.8. The van der Waals surface area contributed by atoms with Crippen molar-refractivity contribution in [2.75, 3.05) is 6.61 Å². The lowest BCUT2D eigenvalue weighted by molar-refractivity contribution is 0.344. The predicted octanol–water partition coefficient (Wildman–Crippen LogP) is 3.90. The molecule has 2 nitrogen and oxygen atoms in total. The van der Waals surface area contributed by atoms with Crippen molar-refractivity contribution in [3.05, 3.63) is 34.5 Å². The van der Waals surface area contributed by atoms with E-state index >= 15 is 0 Å². The molecule has 0 bridgehead atoms. The van der Waals surface area contributed by atoms with Crippen LogP contribution in [0.5, 0.6) is 5.75 Å². The van der Waals surface area contributed by atoms with Crippen molar-refractivity contribution in [2.24, 2.45) is 0 Å². The van der Waals surface area contributed by atoms with Crippen LogP contribution in [0.25, 0.3) is 10.9 Å². The number of aromatic nitrogens is 1. The van der Waals surface area contributed by atoms with E-state index in [1.165, 1.54) is 0 Å². The number of hydrogen-bond acceptors (Lipinski definition) is 2. The summed E-state index contributed by atoms with van der Waals surface area (Å²) >= 11 is 6.26. The van der Waals surface area contributed by atoms with Crippen LogP contribution >= 0.6 is 11.6 Å². The van der Waals surface area contributed by atoms with Gasteiger partial charge in [-0.15, -0.1) is 0 Å². The van der Waals surface area contributed by atoms with Gasteiger partial charge in [0.15, 0.2) is 0 Å². The van der Waals surface area contributed by atoms with Gasteiger partial charge >= 0.3 is 0 Å². The number of benzene rings is 1. The van der Waals surface area contributed by atoms with E-state index in [1.54, 1.807) is 0 Å². The second-order valence-corrected chi connectivity index (χ2v) is 4.19. The van der Waals surface area contributed by atoms with Crippen LogP contribution in [0.2, 0.25) is 5.02 Å². The van der Waals surface area contributed by atoms with Gasteiger partial charge in [0.05, 0.1) is 22.5 Å². The summed E-state index contributed by atoms with van der Waals surface area (Å²) in [6.45, 7) is 6.56. The quantitative estimate of drug-likeness (QED) is 0.788. The summed E-state index contributed by atoms with van der Waals surface area (Å²) in [6, 6.07) is 5.83. The van der Waals surface area contributed by atoms with Crippen LogP contribution in [0.1, 0.15) is 18.2 Å². The van der Waals surface area contributed by atoms with Crippen molar-refractivity contribution in [3.63, 3.8) is 0 Å². The molecule has 0 aliphatic carbocycles. The fourth-order valence-corrected chi connectivity index (χ4v) is 2.13. The summed E-state index contributed by atoms with van der Waals surface area (Å²) in [5, 5.41) is 1.61. The minimum atomic E-state index is 0.627. The SMILES string of the molecule is CCOc1ccc(C)c2nc(C)cc(Cl)c12. The first-order chi connectivity index (χ1) is 7.63. The molecule has 0 spiro atoms. The highest BCUT2D eigenvalue weighted by atomic mass is 35.5. The molecule has 0 atom stereocenters. The summed E-state index contributed by atoms with van der Waals surface area (Å²) in [5.74, 6) is 0.806. The standard InChI is InChI=1S/C13H14ClNO/c1-4-16-11-6-5-8(2)13-12(11)10(14)7-9(3)15-13/h5-7H,4H2,1-3H3. The lowest BCUT2D eigenvalue weighted by Crippen LogP contribution is -1.95. The fraction of sp³-hybridized carbons (Fsp3) is 0.308. The molecule has 2 rings (SSSR count). The average molecular weight is 236 g/mol. The highest BCUT2D eigenvalue weighted by molar-refractivity contribution is 6.36. The smallest absolute Gasteiger partial charge is 0.130 e. The maximum absolute atomic E-state index is 6.26. The van der Waals surface area contributed by atoms with Crippen LogP contribution in [0.4, 0.5) is 0 Å². The summed E-state index contributed by atoms with van der Waals surface area (Å²) in [5.41, 5.74) is 2.97. The lowest BCUT2D eigenvalue weighted by Gasteiger charge is -2.11. The maximum atomic E-state index is 6.26. The van der Waals surface area contributed by atoms with Crippen molar-refractivity contribution in [3.8, 4) is 5.75 Å². The number of nitrogens with zero attached hydrogens (tertiary/aromatic N) is 1. The topological polar surface area (TPSA) is 22.1 Å². The Morgan fingerprint density at radius 1 is 1.31 bits per heavy atom. The zero-order valence-electron chi connectivity index (χ0n) is 9.67. The number of ether oxygens (including phenoxy) is 1. The van der Waals surface area contributed by atoms with Crippen molar-refractivity contribution in [2.45, 2.75) is 20.8 Å². The van der Waals surface area contributed by atoms with Gasteiger partial charge in [0.25, 0.3) is 0 Å². The summed E-state index contributed by atoms with van der Waals surface area (Å²) in [4.78, 5) is 4.51. The van der Waals surface area contributed by atoms with Gasteiger partial charge in [-0.3, -0.25) is 4.98 Å². The van der Waals surface area contributed by atoms with Gasteiger partial charge in [0.2, 0.25) is 0 Å². The molecule has 0 aliphatic rings. The van der Waals surface area contributed by atoms with E-state index in [0.29, 0.717) is 11.6 Å². The molecule has 0 saturated carbocycles. The number of aryl methyl sites for hydroxylation is 2. The molecule has 0 amide bonds. The van der Waals surface area contributed by atoms with Gasteiger partial charge in [-0.2, -0.15) is 0 Å². The Labute approximate surface area is 100 Å². The Morgan fingerprint density at radius 3 is 2.75 bits per heavy atom. The zero-order valence-corrected chi connectivity index (χ0v) is 10.4. The number of halogens is 1. The second kappa shape index (κ2) is 4.30. The Morgan fingerprint density at radius 2 is 2.06 bits per heavy atom. The highest BCUT2D eigenvalue weighted by Gasteiger charge is 2.10. The van der Waals surface area contributed by atoms with E-state index in [4.69, 9.17) is 16.3 Å². The molecule has 84 valence electrons. The summed E-state index contributed by atoms with van der Waals surface area (Å²) in [6.07, 6.45) is 0. The first kappa shape index (κ1) is 11.2. The fourth-order valence-electron chi connectivity index (χ4n) is 1.79. The number of rotatable bonds is 2. The van der Waals surface area contributed by atoms with Crippen molar-refractivity contribution in [1.29, 1.82) is 0 Å². The molecule has 3 heteroatoms. The third-order valence-electron chi connectivity index (χ3n) is 2.50. The van der Waals surface area contributed by atoms with Crippen LogP contribution < -0.4 is 4.74 Å². The van der Waals surface area contributed by atoms with Gasteiger partial charge < -0.3 is 4.74 Å². The molecule has 0 saturated heterocycles. The van der Waals surface area contributed by atoms with Crippen LogP contribution in [0, 0.1) is 13.8 Å². The molecule has 0 radical (unpaired) electrons. The molecule has 0 N–H and O–H groups in total. The molecule has 2 aromatic rings. The van der Waals surface area contributed by atoms with Crippen LogP contribution in [-0.2, 0) is 0 Å². The first-order valence-corrected chi connectivity index (χ1v) is 5.70. The number of hydrogen-bond donors (Lipinski definition) is 0. The first-order valence-electron chi connectivity index (χ1n) is 5.32. The summed E-state index contributed by atoms with van der Waals surface area (Å²) < 4.78 is 5.57. The average Bonchev–Trinajstić information content (AvgIpc) is 2.22. The highest BCUT2D eigenvalue weighted by Crippen LogP contribution is 2.33. The lowest BCUT2D eigenvalue weighted by atomic mass is 10.1. The van der Waals surface area contributed by atoms with Crippen LogP contribution in [0.15, 0.2) is 18.2 Å². The number of fused-ring (bicyclic) bond motifs is 1. The summed E-state index contributed by atoms with van der Waals surface area (Å²) in [7, 11) is 0. The van der Waals surface area contributed by atoms with Gasteiger partial charge in [-0.1, -0.05) is 17.7 Å². The molecule has 0 fully saturated rings. The molecule has 1 heterocycles. The molecular weight excluding hydrogens is 222 g/mol. The van der Waals surface area contributed by atoms with E-state index in [-0.39, 0.29) is 0 Å². The Balaban J connectivity index is 2.81. The van der Waals surface area contributed by atoms with E-state index in [9.17, 15) is 0 Å². The van der Waals surface area contributed by atoms with Crippen LogP contribution in [-0.4, -0.2) is 11.6 Å². The largest absolute Gasteiger partial charge is 0.493 e. The predicted molar refractivity (Wildman–Crippen MR) is 67.4 cm³/mol. The van der Waals surface area contributed by atoms with Crippen molar-refractivity contribution < 1.29 is 4.74 Å².